The summed E-state index contributed by atoms with van der Waals surface area (Å²) in [7, 11) is 0. The minimum absolute atomic E-state index is 0.736. The molecule has 3 nitrogen and oxygen atoms in total. The number of furan rings is 1. The summed E-state index contributed by atoms with van der Waals surface area (Å²) >= 11 is 0. The molecule has 0 aliphatic heterocycles. The van der Waals surface area contributed by atoms with Crippen LogP contribution in [-0.4, -0.2) is 31.1 Å². The summed E-state index contributed by atoms with van der Waals surface area (Å²) in [5, 5.41) is 3.47. The first-order chi connectivity index (χ1) is 8.22. The predicted molar refractivity (Wildman–Crippen MR) is 72.0 cm³/mol. The van der Waals surface area contributed by atoms with Crippen LogP contribution >= 0.6 is 0 Å². The molecule has 1 aromatic rings. The molecule has 0 saturated carbocycles. The van der Waals surface area contributed by atoms with Gasteiger partial charge in [0.25, 0.3) is 0 Å². The van der Waals surface area contributed by atoms with Crippen molar-refractivity contribution in [1.82, 2.24) is 10.2 Å². The summed E-state index contributed by atoms with van der Waals surface area (Å²) in [6.45, 7) is 12.0. The molecular formula is C14H26N2O. The topological polar surface area (TPSA) is 28.4 Å². The summed E-state index contributed by atoms with van der Waals surface area (Å²) in [4.78, 5) is 2.41. The first kappa shape index (κ1) is 14.3. The van der Waals surface area contributed by atoms with E-state index < -0.39 is 0 Å². The van der Waals surface area contributed by atoms with Gasteiger partial charge in [-0.05, 0) is 50.7 Å². The van der Waals surface area contributed by atoms with Crippen molar-refractivity contribution < 1.29 is 4.42 Å². The van der Waals surface area contributed by atoms with E-state index in [1.54, 1.807) is 6.26 Å². The first-order valence-electron chi connectivity index (χ1n) is 6.67. The van der Waals surface area contributed by atoms with Gasteiger partial charge in [-0.2, -0.15) is 0 Å². The van der Waals surface area contributed by atoms with Crippen LogP contribution in [0.4, 0.5) is 0 Å². The molecule has 0 atom stereocenters. The quantitative estimate of drug-likeness (QED) is 0.671. The molecule has 3 heteroatoms. The lowest BCUT2D eigenvalue weighted by Crippen LogP contribution is -2.28. The Hall–Kier alpha value is -0.800. The lowest BCUT2D eigenvalue weighted by Gasteiger charge is -2.19. The highest BCUT2D eigenvalue weighted by molar-refractivity contribution is 4.97. The molecule has 1 aromatic heterocycles. The van der Waals surface area contributed by atoms with Crippen LogP contribution in [0.1, 0.15) is 33.0 Å². The van der Waals surface area contributed by atoms with Crippen molar-refractivity contribution in [3.63, 3.8) is 0 Å². The van der Waals surface area contributed by atoms with Gasteiger partial charge in [0, 0.05) is 0 Å². The Labute approximate surface area is 105 Å². The first-order valence-corrected chi connectivity index (χ1v) is 6.67. The Morgan fingerprint density at radius 1 is 1.41 bits per heavy atom. The Morgan fingerprint density at radius 3 is 2.82 bits per heavy atom. The Kier molecular flexibility index (Phi) is 6.97. The lowest BCUT2D eigenvalue weighted by atomic mass is 10.2. The monoisotopic (exact) mass is 238 g/mol. The van der Waals surface area contributed by atoms with Crippen molar-refractivity contribution >= 4 is 0 Å². The predicted octanol–water partition coefficient (Wildman–Crippen LogP) is 2.74. The van der Waals surface area contributed by atoms with E-state index in [0.29, 0.717) is 0 Å². The van der Waals surface area contributed by atoms with E-state index in [1.807, 2.05) is 12.1 Å². The van der Waals surface area contributed by atoms with Crippen LogP contribution in [0.5, 0.6) is 0 Å². The molecule has 0 radical (unpaired) electrons. The van der Waals surface area contributed by atoms with Gasteiger partial charge in [0.05, 0.1) is 12.8 Å². The molecule has 0 aliphatic carbocycles. The molecule has 98 valence electrons. The Balaban J connectivity index is 2.10. The summed E-state index contributed by atoms with van der Waals surface area (Å²) in [6, 6.07) is 3.99. The van der Waals surface area contributed by atoms with Crippen LogP contribution in [0.25, 0.3) is 0 Å². The van der Waals surface area contributed by atoms with Gasteiger partial charge >= 0.3 is 0 Å². The van der Waals surface area contributed by atoms with E-state index in [4.69, 9.17) is 4.42 Å². The number of nitrogens with one attached hydrogen (secondary N) is 1. The number of rotatable bonds is 9. The summed E-state index contributed by atoms with van der Waals surface area (Å²) < 4.78 is 5.37. The van der Waals surface area contributed by atoms with Gasteiger partial charge in [-0.3, -0.25) is 4.90 Å². The van der Waals surface area contributed by atoms with Crippen LogP contribution in [0.15, 0.2) is 22.8 Å². The maximum absolute atomic E-state index is 5.37. The molecule has 1 N–H and O–H groups in total. The van der Waals surface area contributed by atoms with Gasteiger partial charge in [0.15, 0.2) is 0 Å². The fourth-order valence-electron chi connectivity index (χ4n) is 1.79. The van der Waals surface area contributed by atoms with Crippen LogP contribution in [0.3, 0.4) is 0 Å². The van der Waals surface area contributed by atoms with Gasteiger partial charge in [0.1, 0.15) is 5.76 Å². The van der Waals surface area contributed by atoms with Gasteiger partial charge in [-0.25, -0.2) is 0 Å². The molecule has 1 rings (SSSR count). The van der Waals surface area contributed by atoms with Crippen LogP contribution < -0.4 is 5.32 Å². The molecule has 0 fully saturated rings. The van der Waals surface area contributed by atoms with Crippen molar-refractivity contribution in [2.24, 2.45) is 5.92 Å². The molecule has 0 unspecified atom stereocenters. The third-order valence-electron chi connectivity index (χ3n) is 2.79. The molecule has 0 aromatic carbocycles. The largest absolute Gasteiger partial charge is 0.468 e. The summed E-state index contributed by atoms with van der Waals surface area (Å²) in [6.07, 6.45) is 2.94. The van der Waals surface area contributed by atoms with Crippen LogP contribution in [0, 0.1) is 5.92 Å². The van der Waals surface area contributed by atoms with Gasteiger partial charge < -0.3 is 9.73 Å². The van der Waals surface area contributed by atoms with Crippen molar-refractivity contribution in [3.8, 4) is 0 Å². The van der Waals surface area contributed by atoms with E-state index in [9.17, 15) is 0 Å². The minimum Gasteiger partial charge on any atom is -0.468 e. The SMILES string of the molecule is CCN(CCCNCC(C)C)Cc1ccco1. The molecule has 17 heavy (non-hydrogen) atoms. The second kappa shape index (κ2) is 8.31. The fraction of sp³-hybridized carbons (Fsp3) is 0.714. The molecular weight excluding hydrogens is 212 g/mol. The highest BCUT2D eigenvalue weighted by atomic mass is 16.3. The summed E-state index contributed by atoms with van der Waals surface area (Å²) in [5.41, 5.74) is 0. The number of hydrogen-bond donors (Lipinski definition) is 1. The number of nitrogens with zero attached hydrogens (tertiary/aromatic N) is 1. The van der Waals surface area contributed by atoms with E-state index in [-0.39, 0.29) is 0 Å². The second-order valence-electron chi connectivity index (χ2n) is 4.90. The standard InChI is InChI=1S/C14H26N2O/c1-4-16(12-14-7-5-10-17-14)9-6-8-15-11-13(2)3/h5,7,10,13,15H,4,6,8-9,11-12H2,1-3H3. The zero-order valence-corrected chi connectivity index (χ0v) is 11.4. The lowest BCUT2D eigenvalue weighted by molar-refractivity contribution is 0.251. The second-order valence-corrected chi connectivity index (χ2v) is 4.90. The van der Waals surface area contributed by atoms with Crippen molar-refractivity contribution in [2.45, 2.75) is 33.7 Å². The zero-order chi connectivity index (χ0) is 12.5. The fourth-order valence-corrected chi connectivity index (χ4v) is 1.79. The molecule has 0 spiro atoms. The molecule has 0 bridgehead atoms. The smallest absolute Gasteiger partial charge is 0.117 e. The maximum Gasteiger partial charge on any atom is 0.117 e. The van der Waals surface area contributed by atoms with Crippen molar-refractivity contribution in [2.75, 3.05) is 26.2 Å². The molecule has 0 saturated heterocycles. The maximum atomic E-state index is 5.37. The van der Waals surface area contributed by atoms with Crippen molar-refractivity contribution in [1.29, 1.82) is 0 Å². The molecule has 0 aliphatic rings. The van der Waals surface area contributed by atoms with Gasteiger partial charge in [0.2, 0.25) is 0 Å². The van der Waals surface area contributed by atoms with E-state index >= 15 is 0 Å². The average Bonchev–Trinajstić information content (AvgIpc) is 2.79. The summed E-state index contributed by atoms with van der Waals surface area (Å²) in [5.74, 6) is 1.79. The zero-order valence-electron chi connectivity index (χ0n) is 11.4. The highest BCUT2D eigenvalue weighted by Crippen LogP contribution is 2.05. The number of hydrogen-bond acceptors (Lipinski definition) is 3. The van der Waals surface area contributed by atoms with Gasteiger partial charge in [-0.1, -0.05) is 20.8 Å². The van der Waals surface area contributed by atoms with Crippen molar-refractivity contribution in [3.05, 3.63) is 24.2 Å². The molecule has 1 heterocycles. The van der Waals surface area contributed by atoms with E-state index in [2.05, 4.69) is 31.0 Å². The third kappa shape index (κ3) is 6.49. The van der Waals surface area contributed by atoms with Crippen LogP contribution in [0.2, 0.25) is 0 Å². The molecule has 0 amide bonds. The Morgan fingerprint density at radius 2 is 2.24 bits per heavy atom. The van der Waals surface area contributed by atoms with Crippen LogP contribution in [-0.2, 0) is 6.54 Å². The minimum atomic E-state index is 0.736. The third-order valence-corrected chi connectivity index (χ3v) is 2.79. The average molecular weight is 238 g/mol. The normalized spacial score (nSPS) is 11.6. The van der Waals surface area contributed by atoms with Gasteiger partial charge in [-0.15, -0.1) is 0 Å². The van der Waals surface area contributed by atoms with E-state index in [0.717, 1.165) is 44.4 Å². The Bertz CT molecular complexity index is 270. The highest BCUT2D eigenvalue weighted by Gasteiger charge is 2.05. The van der Waals surface area contributed by atoms with E-state index in [1.165, 1.54) is 6.42 Å².